The molecule has 1 heterocycles. The summed E-state index contributed by atoms with van der Waals surface area (Å²) in [5.41, 5.74) is 0. The van der Waals surface area contributed by atoms with E-state index in [2.05, 4.69) is 9.71 Å². The van der Waals surface area contributed by atoms with Gasteiger partial charge < -0.3 is 0 Å². The van der Waals surface area contributed by atoms with Crippen molar-refractivity contribution in [2.24, 2.45) is 0 Å². The lowest BCUT2D eigenvalue weighted by Crippen LogP contribution is -2.00. The third-order valence-corrected chi connectivity index (χ3v) is 1.79. The van der Waals surface area contributed by atoms with E-state index < -0.39 is 11.3 Å². The van der Waals surface area contributed by atoms with Crippen LogP contribution in [0.5, 0.6) is 0 Å². The standard InChI is InChI=1S/C3H4N2O2S2/c6-9(7)5-3-4-1-2-8-3/h1-2H,(H,4,5)(H,6,7). The second kappa shape index (κ2) is 2.90. The third kappa shape index (κ3) is 2.08. The molecular formula is C3H4N2O2S2. The normalized spacial score (nSPS) is 13.0. The Hall–Kier alpha value is -0.460. The van der Waals surface area contributed by atoms with Crippen LogP contribution in [0.4, 0.5) is 5.13 Å². The molecule has 0 aliphatic heterocycles. The van der Waals surface area contributed by atoms with Crippen molar-refractivity contribution in [3.05, 3.63) is 11.6 Å². The van der Waals surface area contributed by atoms with Gasteiger partial charge in [0.1, 0.15) is 0 Å². The molecular weight excluding hydrogens is 160 g/mol. The molecule has 2 N–H and O–H groups in total. The highest BCUT2D eigenvalue weighted by molar-refractivity contribution is 7.80. The molecule has 0 saturated carbocycles. The molecule has 0 aromatic carbocycles. The molecule has 50 valence electrons. The number of thiazole rings is 1. The van der Waals surface area contributed by atoms with Crippen LogP contribution in [0.2, 0.25) is 0 Å². The summed E-state index contributed by atoms with van der Waals surface area (Å²) < 4.78 is 20.5. The number of nitrogens with zero attached hydrogens (tertiary/aromatic N) is 1. The van der Waals surface area contributed by atoms with Crippen LogP contribution in [-0.2, 0) is 11.3 Å². The van der Waals surface area contributed by atoms with Crippen LogP contribution in [0.1, 0.15) is 0 Å². The van der Waals surface area contributed by atoms with Crippen LogP contribution in [0, 0.1) is 0 Å². The highest BCUT2D eigenvalue weighted by Gasteiger charge is 1.94. The number of nitrogens with one attached hydrogen (secondary N) is 1. The fraction of sp³-hybridized carbons (Fsp3) is 0. The van der Waals surface area contributed by atoms with Gasteiger partial charge in [0.05, 0.1) is 0 Å². The first-order valence-electron chi connectivity index (χ1n) is 2.06. The maximum atomic E-state index is 10.0. The zero-order valence-electron chi connectivity index (χ0n) is 4.27. The second-order valence-corrected chi connectivity index (χ2v) is 2.79. The fourth-order valence-corrected chi connectivity index (χ4v) is 1.33. The van der Waals surface area contributed by atoms with E-state index in [9.17, 15) is 4.21 Å². The lowest BCUT2D eigenvalue weighted by atomic mass is 11.0. The predicted molar refractivity (Wildman–Crippen MR) is 36.5 cm³/mol. The van der Waals surface area contributed by atoms with Gasteiger partial charge in [0.2, 0.25) is 0 Å². The molecule has 4 nitrogen and oxygen atoms in total. The molecule has 0 radical (unpaired) electrons. The third-order valence-electron chi connectivity index (χ3n) is 0.607. The Bertz CT molecular complexity index is 198. The molecule has 1 aromatic heterocycles. The molecule has 6 heteroatoms. The summed E-state index contributed by atoms with van der Waals surface area (Å²) in [6.07, 6.45) is 1.56. The Kier molecular flexibility index (Phi) is 2.15. The highest BCUT2D eigenvalue weighted by atomic mass is 32.2. The van der Waals surface area contributed by atoms with E-state index in [1.807, 2.05) is 0 Å². The first-order valence-corrected chi connectivity index (χ1v) is 4.04. The number of anilines is 1. The zero-order chi connectivity index (χ0) is 6.69. The van der Waals surface area contributed by atoms with Crippen LogP contribution >= 0.6 is 11.3 Å². The lowest BCUT2D eigenvalue weighted by Gasteiger charge is -1.90. The Balaban J connectivity index is 2.58. The number of aromatic nitrogens is 1. The summed E-state index contributed by atoms with van der Waals surface area (Å²) in [7, 11) is 0. The molecule has 1 atom stereocenters. The van der Waals surface area contributed by atoms with Gasteiger partial charge in [-0.1, -0.05) is 0 Å². The van der Waals surface area contributed by atoms with Gasteiger partial charge in [-0.25, -0.2) is 9.19 Å². The first-order chi connectivity index (χ1) is 4.29. The summed E-state index contributed by atoms with van der Waals surface area (Å²) in [5, 5.41) is 2.17. The Morgan fingerprint density at radius 3 is 3.11 bits per heavy atom. The van der Waals surface area contributed by atoms with Gasteiger partial charge in [0.25, 0.3) is 11.3 Å². The second-order valence-electron chi connectivity index (χ2n) is 1.19. The molecule has 1 rings (SSSR count). The minimum Gasteiger partial charge on any atom is -0.289 e. The van der Waals surface area contributed by atoms with Crippen molar-refractivity contribution in [2.45, 2.75) is 0 Å². The van der Waals surface area contributed by atoms with E-state index >= 15 is 0 Å². The average molecular weight is 164 g/mol. The van der Waals surface area contributed by atoms with E-state index in [4.69, 9.17) is 4.55 Å². The quantitative estimate of drug-likeness (QED) is 0.632. The summed E-state index contributed by atoms with van der Waals surface area (Å²) in [5.74, 6) is 0. The first kappa shape index (κ1) is 6.66. The molecule has 0 aliphatic carbocycles. The van der Waals surface area contributed by atoms with Crippen molar-refractivity contribution in [2.75, 3.05) is 4.72 Å². The van der Waals surface area contributed by atoms with Gasteiger partial charge in [0.15, 0.2) is 5.13 Å². The largest absolute Gasteiger partial charge is 0.289 e. The molecule has 9 heavy (non-hydrogen) atoms. The van der Waals surface area contributed by atoms with E-state index in [0.29, 0.717) is 5.13 Å². The van der Waals surface area contributed by atoms with Crippen molar-refractivity contribution in [3.8, 4) is 0 Å². The zero-order valence-corrected chi connectivity index (χ0v) is 5.91. The van der Waals surface area contributed by atoms with Gasteiger partial charge in [0, 0.05) is 11.6 Å². The van der Waals surface area contributed by atoms with Gasteiger partial charge in [-0.2, -0.15) is 0 Å². The maximum absolute atomic E-state index is 10.0. The van der Waals surface area contributed by atoms with Crippen LogP contribution in [-0.4, -0.2) is 13.7 Å². The smallest absolute Gasteiger partial charge is 0.260 e. The molecule has 0 fully saturated rings. The van der Waals surface area contributed by atoms with Crippen LogP contribution in [0.15, 0.2) is 11.6 Å². The lowest BCUT2D eigenvalue weighted by molar-refractivity contribution is 0.570. The van der Waals surface area contributed by atoms with E-state index in [1.165, 1.54) is 11.3 Å². The molecule has 0 saturated heterocycles. The molecule has 0 bridgehead atoms. The topological polar surface area (TPSA) is 62.2 Å². The molecule has 1 aromatic rings. The summed E-state index contributed by atoms with van der Waals surface area (Å²) in [6, 6.07) is 0. The van der Waals surface area contributed by atoms with Crippen LogP contribution in [0.25, 0.3) is 0 Å². The Labute approximate surface area is 58.4 Å². The Morgan fingerprint density at radius 2 is 2.67 bits per heavy atom. The van der Waals surface area contributed by atoms with Crippen molar-refractivity contribution in [1.29, 1.82) is 0 Å². The van der Waals surface area contributed by atoms with Crippen molar-refractivity contribution < 1.29 is 8.76 Å². The van der Waals surface area contributed by atoms with Crippen molar-refractivity contribution >= 4 is 27.7 Å². The van der Waals surface area contributed by atoms with E-state index in [0.717, 1.165) is 0 Å². The van der Waals surface area contributed by atoms with Gasteiger partial charge in [-0.15, -0.1) is 11.3 Å². The predicted octanol–water partition coefficient (Wildman–Crippen LogP) is 0.692. The van der Waals surface area contributed by atoms with Crippen LogP contribution < -0.4 is 4.72 Å². The summed E-state index contributed by atoms with van der Waals surface area (Å²) in [4.78, 5) is 3.71. The average Bonchev–Trinajstić information content (AvgIpc) is 2.15. The van der Waals surface area contributed by atoms with Crippen LogP contribution in [0.3, 0.4) is 0 Å². The maximum Gasteiger partial charge on any atom is 0.260 e. The SMILES string of the molecule is O=S(O)Nc1nccs1. The van der Waals surface area contributed by atoms with Crippen molar-refractivity contribution in [1.82, 2.24) is 4.98 Å². The Morgan fingerprint density at radius 1 is 1.89 bits per heavy atom. The number of hydrogen-bond donors (Lipinski definition) is 2. The minimum atomic E-state index is -2.00. The molecule has 0 aliphatic rings. The van der Waals surface area contributed by atoms with Gasteiger partial charge in [-0.3, -0.25) is 9.27 Å². The monoisotopic (exact) mass is 164 g/mol. The molecule has 0 amide bonds. The molecule has 0 spiro atoms. The number of rotatable bonds is 2. The van der Waals surface area contributed by atoms with Gasteiger partial charge >= 0.3 is 0 Å². The van der Waals surface area contributed by atoms with Gasteiger partial charge in [-0.05, 0) is 0 Å². The fourth-order valence-electron chi connectivity index (χ4n) is 0.349. The van der Waals surface area contributed by atoms with Crippen molar-refractivity contribution in [3.63, 3.8) is 0 Å². The summed E-state index contributed by atoms with van der Waals surface area (Å²) >= 11 is -0.721. The molecule has 1 unspecified atom stereocenters. The number of hydrogen-bond acceptors (Lipinski definition) is 3. The minimum absolute atomic E-state index is 0.454. The van der Waals surface area contributed by atoms with E-state index in [-0.39, 0.29) is 0 Å². The van der Waals surface area contributed by atoms with E-state index in [1.54, 1.807) is 11.6 Å². The summed E-state index contributed by atoms with van der Waals surface area (Å²) in [6.45, 7) is 0. The highest BCUT2D eigenvalue weighted by Crippen LogP contribution is 2.09.